The molecule has 13 heteroatoms. The van der Waals surface area contributed by atoms with E-state index in [0.29, 0.717) is 41.9 Å². The van der Waals surface area contributed by atoms with Crippen LogP contribution in [0.1, 0.15) is 39.0 Å². The van der Waals surface area contributed by atoms with Crippen LogP contribution in [0.5, 0.6) is 5.75 Å². The second-order valence-electron chi connectivity index (χ2n) is 13.0. The Labute approximate surface area is 261 Å². The molecule has 2 aromatic carbocycles. The SMILES string of the molecule is COc1ccc2c(c1)C(=O)N(C[C@@]1(C#Cc3ccc4c(c3)CC[C@@]43NC(=O)NC3=O)NC(=O)N(COCC[Si](C)(C)C)C1=O)C2. The minimum atomic E-state index is -1.72. The first-order valence-corrected chi connectivity index (χ1v) is 18.5. The fraction of sp³-hybridized carbons (Fsp3) is 0.406. The van der Waals surface area contributed by atoms with Gasteiger partial charge < -0.3 is 25.0 Å². The van der Waals surface area contributed by atoms with Crippen molar-refractivity contribution in [3.05, 3.63) is 64.2 Å². The standard InChI is InChI=1S/C32H35N5O7Si/c1-43-23-7-6-22-17-36(26(38)24(22)16-23)18-31(28(40)37(30(42)35-31)19-44-13-14-45(2,3)4)11-9-20-5-8-25-21(15-20)10-12-32(25)27(39)33-29(41)34-32/h5-8,15-16H,10,12-14,17-19H2,1-4H3,(H,35,42)(H2,33,34,39,41)/t31-,32-/m1/s1. The lowest BCUT2D eigenvalue weighted by Gasteiger charge is -2.27. The summed E-state index contributed by atoms with van der Waals surface area (Å²) in [6, 6.07) is 10.2. The van der Waals surface area contributed by atoms with Crippen LogP contribution < -0.4 is 20.7 Å². The molecule has 0 bridgehead atoms. The molecular formula is C32H35N5O7Si. The average molecular weight is 630 g/mol. The topological polar surface area (TPSA) is 146 Å². The monoisotopic (exact) mass is 629 g/mol. The molecule has 0 unspecified atom stereocenters. The van der Waals surface area contributed by atoms with Gasteiger partial charge in [0.15, 0.2) is 0 Å². The van der Waals surface area contributed by atoms with E-state index in [-0.39, 0.29) is 31.6 Å². The first-order valence-electron chi connectivity index (χ1n) is 14.8. The zero-order valence-electron chi connectivity index (χ0n) is 25.7. The summed E-state index contributed by atoms with van der Waals surface area (Å²) in [6.45, 7) is 6.90. The van der Waals surface area contributed by atoms with Crippen molar-refractivity contribution >= 4 is 37.9 Å². The van der Waals surface area contributed by atoms with E-state index >= 15 is 0 Å². The number of carbonyl (C=O) groups is 5. The number of carbonyl (C=O) groups excluding carboxylic acids is 5. The molecular weight excluding hydrogens is 594 g/mol. The number of benzene rings is 2. The molecule has 3 heterocycles. The summed E-state index contributed by atoms with van der Waals surface area (Å²) in [7, 11) is 0.132. The van der Waals surface area contributed by atoms with Crippen molar-refractivity contribution in [2.75, 3.05) is 27.0 Å². The van der Waals surface area contributed by atoms with Crippen molar-refractivity contribution in [3.63, 3.8) is 0 Å². The van der Waals surface area contributed by atoms with Gasteiger partial charge in [0.2, 0.25) is 5.54 Å². The highest BCUT2D eigenvalue weighted by molar-refractivity contribution is 6.76. The van der Waals surface area contributed by atoms with Gasteiger partial charge in [-0.3, -0.25) is 19.7 Å². The van der Waals surface area contributed by atoms with Gasteiger partial charge >= 0.3 is 12.1 Å². The number of hydrogen-bond donors (Lipinski definition) is 3. The quantitative estimate of drug-likeness (QED) is 0.176. The zero-order valence-corrected chi connectivity index (χ0v) is 26.7. The Hall–Kier alpha value is -4.67. The number of amides is 7. The average Bonchev–Trinajstić information content (AvgIpc) is 3.67. The van der Waals surface area contributed by atoms with Crippen LogP contribution in [0.4, 0.5) is 9.59 Å². The van der Waals surface area contributed by atoms with Crippen LogP contribution >= 0.6 is 0 Å². The smallest absolute Gasteiger partial charge is 0.327 e. The summed E-state index contributed by atoms with van der Waals surface area (Å²) < 4.78 is 11.0. The van der Waals surface area contributed by atoms with Crippen molar-refractivity contribution in [2.45, 2.75) is 56.1 Å². The molecule has 4 aliphatic rings. The van der Waals surface area contributed by atoms with Crippen LogP contribution in [-0.4, -0.2) is 80.2 Å². The van der Waals surface area contributed by atoms with Gasteiger partial charge in [-0.15, -0.1) is 0 Å². The van der Waals surface area contributed by atoms with Crippen molar-refractivity contribution in [3.8, 4) is 17.6 Å². The normalized spacial score (nSPS) is 23.5. The fourth-order valence-corrected chi connectivity index (χ4v) is 6.93. The molecule has 2 atom stereocenters. The lowest BCUT2D eigenvalue weighted by Crippen LogP contribution is -2.54. The van der Waals surface area contributed by atoms with Gasteiger partial charge in [0.05, 0.1) is 13.7 Å². The van der Waals surface area contributed by atoms with E-state index in [4.69, 9.17) is 9.47 Å². The number of methoxy groups -OCH3 is 1. The van der Waals surface area contributed by atoms with Crippen LogP contribution in [0, 0.1) is 11.8 Å². The summed E-state index contributed by atoms with van der Waals surface area (Å²) in [5, 5.41) is 7.84. The molecule has 2 aromatic rings. The first kappa shape index (κ1) is 30.4. The number of urea groups is 2. The van der Waals surface area contributed by atoms with E-state index in [0.717, 1.165) is 22.1 Å². The van der Waals surface area contributed by atoms with Gasteiger partial charge in [-0.05, 0) is 59.8 Å². The lowest BCUT2D eigenvalue weighted by molar-refractivity contribution is -0.133. The summed E-state index contributed by atoms with van der Waals surface area (Å²) in [6.07, 6.45) is 0.969. The maximum Gasteiger partial charge on any atom is 0.327 e. The molecule has 1 aliphatic carbocycles. The van der Waals surface area contributed by atoms with E-state index in [1.165, 1.54) is 12.0 Å². The Morgan fingerprint density at radius 3 is 2.51 bits per heavy atom. The zero-order chi connectivity index (χ0) is 32.1. The van der Waals surface area contributed by atoms with Crippen molar-refractivity contribution in [1.29, 1.82) is 0 Å². The van der Waals surface area contributed by atoms with Gasteiger partial charge in [-0.25, -0.2) is 14.5 Å². The predicted molar refractivity (Wildman–Crippen MR) is 165 cm³/mol. The molecule has 2 saturated heterocycles. The van der Waals surface area contributed by atoms with Gasteiger partial charge in [0.25, 0.3) is 17.7 Å². The van der Waals surface area contributed by atoms with Gasteiger partial charge in [-0.1, -0.05) is 43.6 Å². The third-order valence-corrected chi connectivity index (χ3v) is 10.4. The molecule has 7 amide bonds. The van der Waals surface area contributed by atoms with Gasteiger partial charge in [0.1, 0.15) is 18.0 Å². The maximum atomic E-state index is 14.0. The molecule has 3 aliphatic heterocycles. The number of aryl methyl sites for hydroxylation is 1. The molecule has 0 saturated carbocycles. The summed E-state index contributed by atoms with van der Waals surface area (Å²) in [5.41, 5.74) is 0.543. The molecule has 0 radical (unpaired) electrons. The molecule has 3 N–H and O–H groups in total. The van der Waals surface area contributed by atoms with Gasteiger partial charge in [0, 0.05) is 32.4 Å². The van der Waals surface area contributed by atoms with Crippen molar-refractivity contribution < 1.29 is 33.4 Å². The highest BCUT2D eigenvalue weighted by Gasteiger charge is 2.53. The van der Waals surface area contributed by atoms with E-state index in [1.54, 1.807) is 24.3 Å². The third-order valence-electron chi connectivity index (χ3n) is 8.71. The van der Waals surface area contributed by atoms with Crippen LogP contribution in [-0.2, 0) is 32.8 Å². The second kappa shape index (κ2) is 11.0. The van der Waals surface area contributed by atoms with Crippen molar-refractivity contribution in [1.82, 2.24) is 25.8 Å². The lowest BCUT2D eigenvalue weighted by atomic mass is 9.91. The minimum absolute atomic E-state index is 0.175. The minimum Gasteiger partial charge on any atom is -0.497 e. The Morgan fingerprint density at radius 2 is 1.80 bits per heavy atom. The van der Waals surface area contributed by atoms with Gasteiger partial charge in [-0.2, -0.15) is 0 Å². The van der Waals surface area contributed by atoms with Crippen molar-refractivity contribution in [2.24, 2.45) is 0 Å². The predicted octanol–water partition coefficient (Wildman–Crippen LogP) is 2.29. The molecule has 0 aromatic heterocycles. The van der Waals surface area contributed by atoms with E-state index < -0.39 is 37.1 Å². The maximum absolute atomic E-state index is 14.0. The van der Waals surface area contributed by atoms with Crippen LogP contribution in [0.2, 0.25) is 25.7 Å². The molecule has 2 fully saturated rings. The number of hydrogen-bond acceptors (Lipinski definition) is 7. The fourth-order valence-electron chi connectivity index (χ4n) is 6.18. The van der Waals surface area contributed by atoms with Crippen LogP contribution in [0.3, 0.4) is 0 Å². The van der Waals surface area contributed by atoms with E-state index in [2.05, 4.69) is 47.4 Å². The second-order valence-corrected chi connectivity index (χ2v) is 18.7. The Balaban J connectivity index is 1.29. The Morgan fingerprint density at radius 1 is 1.00 bits per heavy atom. The largest absolute Gasteiger partial charge is 0.497 e. The summed E-state index contributed by atoms with van der Waals surface area (Å²) >= 11 is 0. The third kappa shape index (κ3) is 5.44. The molecule has 1 spiro atoms. The van der Waals surface area contributed by atoms with Crippen LogP contribution in [0.25, 0.3) is 0 Å². The molecule has 12 nitrogen and oxygen atoms in total. The molecule has 234 valence electrons. The van der Waals surface area contributed by atoms with E-state index in [1.807, 2.05) is 12.1 Å². The molecule has 6 rings (SSSR count). The summed E-state index contributed by atoms with van der Waals surface area (Å²) in [5.74, 6) is 5.32. The summed E-state index contributed by atoms with van der Waals surface area (Å²) in [4.78, 5) is 67.6. The highest BCUT2D eigenvalue weighted by Crippen LogP contribution is 2.39. The molecule has 45 heavy (non-hydrogen) atoms. The first-order chi connectivity index (χ1) is 21.3. The highest BCUT2D eigenvalue weighted by atomic mass is 28.3. The number of imide groups is 2. The number of rotatable bonds is 8. The number of nitrogens with one attached hydrogen (secondary N) is 3. The Bertz CT molecular complexity index is 1710. The van der Waals surface area contributed by atoms with Crippen LogP contribution in [0.15, 0.2) is 36.4 Å². The number of ether oxygens (including phenoxy) is 2. The number of fused-ring (bicyclic) bond motifs is 3. The number of nitrogens with zero attached hydrogens (tertiary/aromatic N) is 2. The Kier molecular flexibility index (Phi) is 7.45. The van der Waals surface area contributed by atoms with E-state index in [9.17, 15) is 24.0 Å².